The number of hydrogen-bond donors (Lipinski definition) is 1. The zero-order valence-electron chi connectivity index (χ0n) is 14.3. The molecule has 0 bridgehead atoms. The van der Waals surface area contributed by atoms with Crippen molar-refractivity contribution in [2.45, 2.75) is 15.5 Å². The van der Waals surface area contributed by atoms with Crippen LogP contribution >= 0.6 is 23.5 Å². The van der Waals surface area contributed by atoms with Gasteiger partial charge in [-0.25, -0.2) is 0 Å². The van der Waals surface area contributed by atoms with Crippen molar-refractivity contribution >= 4 is 41.1 Å². The largest absolute Gasteiger partial charge is 0.497 e. The van der Waals surface area contributed by atoms with Crippen LogP contribution in [0.4, 0.5) is 14.5 Å². The number of methoxy groups -OCH3 is 1. The lowest BCUT2D eigenvalue weighted by Crippen LogP contribution is -2.21. The number of carbonyl (C=O) groups is 2. The molecule has 0 atom stereocenters. The second-order valence-corrected chi connectivity index (χ2v) is 7.19. The average Bonchev–Trinajstić information content (AvgIpc) is 2.66. The summed E-state index contributed by atoms with van der Waals surface area (Å²) in [5.41, 5.74) is 0.433. The Kier molecular flexibility index (Phi) is 8.41. The van der Waals surface area contributed by atoms with Crippen LogP contribution in [0.5, 0.6) is 5.75 Å². The van der Waals surface area contributed by atoms with Crippen LogP contribution in [0.3, 0.4) is 0 Å². The van der Waals surface area contributed by atoms with Gasteiger partial charge in [-0.2, -0.15) is 8.78 Å². The third kappa shape index (κ3) is 7.88. The van der Waals surface area contributed by atoms with Gasteiger partial charge >= 0.3 is 5.97 Å². The van der Waals surface area contributed by atoms with E-state index in [1.54, 1.807) is 19.2 Å². The lowest BCUT2D eigenvalue weighted by atomic mass is 10.3. The zero-order valence-corrected chi connectivity index (χ0v) is 15.9. The number of nitrogens with one attached hydrogen (secondary N) is 1. The van der Waals surface area contributed by atoms with Gasteiger partial charge in [-0.05, 0) is 48.5 Å². The van der Waals surface area contributed by atoms with Crippen molar-refractivity contribution in [2.75, 3.05) is 24.8 Å². The molecule has 1 N–H and O–H groups in total. The minimum atomic E-state index is -2.50. The lowest BCUT2D eigenvalue weighted by Gasteiger charge is -2.08. The molecule has 0 fully saturated rings. The second-order valence-electron chi connectivity index (χ2n) is 5.08. The van der Waals surface area contributed by atoms with Crippen molar-refractivity contribution in [1.82, 2.24) is 0 Å². The quantitative estimate of drug-likeness (QED) is 0.489. The zero-order chi connectivity index (χ0) is 19.6. The number of anilines is 1. The maximum Gasteiger partial charge on any atom is 0.316 e. The molecule has 0 aromatic heterocycles. The van der Waals surface area contributed by atoms with Gasteiger partial charge in [-0.1, -0.05) is 11.8 Å². The Bertz CT molecular complexity index is 755. The summed E-state index contributed by atoms with van der Waals surface area (Å²) in [6.07, 6.45) is 0. The molecule has 0 unspecified atom stereocenters. The fourth-order valence-electron chi connectivity index (χ4n) is 1.92. The molecular weight excluding hydrogens is 396 g/mol. The van der Waals surface area contributed by atoms with Gasteiger partial charge in [-0.15, -0.1) is 11.8 Å². The van der Waals surface area contributed by atoms with Gasteiger partial charge in [-0.3, -0.25) is 9.59 Å². The Morgan fingerprint density at radius 1 is 1.04 bits per heavy atom. The minimum absolute atomic E-state index is 0.0686. The van der Waals surface area contributed by atoms with E-state index >= 15 is 0 Å². The van der Waals surface area contributed by atoms with Crippen molar-refractivity contribution in [3.63, 3.8) is 0 Å². The average molecular weight is 413 g/mol. The lowest BCUT2D eigenvalue weighted by molar-refractivity contribution is -0.144. The Morgan fingerprint density at radius 3 is 2.26 bits per heavy atom. The number of carbonyl (C=O) groups excluding carboxylic acids is 2. The number of hydrogen-bond acceptors (Lipinski definition) is 6. The Labute approximate surface area is 163 Å². The van der Waals surface area contributed by atoms with Crippen molar-refractivity contribution in [1.29, 1.82) is 0 Å². The summed E-state index contributed by atoms with van der Waals surface area (Å²) in [6.45, 7) is -0.421. The predicted octanol–water partition coefficient (Wildman–Crippen LogP) is 4.28. The number of esters is 1. The van der Waals surface area contributed by atoms with E-state index in [9.17, 15) is 18.4 Å². The van der Waals surface area contributed by atoms with Crippen LogP contribution < -0.4 is 10.1 Å². The van der Waals surface area contributed by atoms with E-state index in [-0.39, 0.29) is 5.75 Å². The van der Waals surface area contributed by atoms with Crippen molar-refractivity contribution in [3.8, 4) is 5.75 Å². The molecule has 0 radical (unpaired) electrons. The fourth-order valence-corrected chi connectivity index (χ4v) is 3.11. The van der Waals surface area contributed by atoms with Crippen molar-refractivity contribution in [2.24, 2.45) is 0 Å². The molecule has 5 nitrogen and oxygen atoms in total. The van der Waals surface area contributed by atoms with E-state index in [4.69, 9.17) is 9.47 Å². The number of halogens is 2. The summed E-state index contributed by atoms with van der Waals surface area (Å²) in [6, 6.07) is 13.2. The summed E-state index contributed by atoms with van der Waals surface area (Å²) < 4.78 is 34.5. The Hall–Kier alpha value is -2.26. The van der Waals surface area contributed by atoms with Gasteiger partial charge in [0.2, 0.25) is 0 Å². The van der Waals surface area contributed by atoms with Crippen LogP contribution in [-0.2, 0) is 14.3 Å². The predicted molar refractivity (Wildman–Crippen MR) is 102 cm³/mol. The summed E-state index contributed by atoms with van der Waals surface area (Å²) in [5.74, 6) is -2.74. The topological polar surface area (TPSA) is 64.6 Å². The molecule has 2 aromatic carbocycles. The first kappa shape index (κ1) is 21.0. The van der Waals surface area contributed by atoms with Crippen LogP contribution in [-0.4, -0.2) is 37.1 Å². The van der Waals surface area contributed by atoms with Crippen molar-refractivity contribution in [3.05, 3.63) is 48.5 Å². The van der Waals surface area contributed by atoms with E-state index in [2.05, 4.69) is 5.32 Å². The number of ether oxygens (including phenoxy) is 2. The maximum absolute atomic E-state index is 12.2. The molecule has 1 amide bonds. The van der Waals surface area contributed by atoms with E-state index in [0.29, 0.717) is 22.3 Å². The van der Waals surface area contributed by atoms with E-state index in [1.165, 1.54) is 36.0 Å². The molecule has 0 aliphatic carbocycles. The molecular formula is C18H17F2NO4S2. The SMILES string of the molecule is COc1ccc(SCC(=O)OCC(=O)Nc2ccc(SC(F)F)cc2)cc1. The molecule has 2 rings (SSSR count). The van der Waals surface area contributed by atoms with Gasteiger partial charge in [0.25, 0.3) is 11.7 Å². The highest BCUT2D eigenvalue weighted by Crippen LogP contribution is 2.26. The highest BCUT2D eigenvalue weighted by Gasteiger charge is 2.10. The standard InChI is InChI=1S/C18H17F2NO4S2/c1-24-13-4-8-14(9-5-13)26-11-17(23)25-10-16(22)21-12-2-6-15(7-3-12)27-18(19)20/h2-9,18H,10-11H2,1H3,(H,21,22). The molecule has 27 heavy (non-hydrogen) atoms. The normalized spacial score (nSPS) is 10.5. The van der Waals surface area contributed by atoms with Crippen LogP contribution in [0.2, 0.25) is 0 Å². The minimum Gasteiger partial charge on any atom is -0.497 e. The molecule has 0 saturated heterocycles. The molecule has 0 saturated carbocycles. The van der Waals surface area contributed by atoms with Crippen LogP contribution in [0.15, 0.2) is 58.3 Å². The summed E-state index contributed by atoms with van der Waals surface area (Å²) >= 11 is 1.71. The maximum atomic E-state index is 12.2. The van der Waals surface area contributed by atoms with Crippen LogP contribution in [0.1, 0.15) is 0 Å². The van der Waals surface area contributed by atoms with Gasteiger partial charge in [0.15, 0.2) is 6.61 Å². The first-order valence-electron chi connectivity index (χ1n) is 7.73. The van der Waals surface area contributed by atoms with Gasteiger partial charge in [0, 0.05) is 15.5 Å². The Balaban J connectivity index is 1.70. The van der Waals surface area contributed by atoms with Crippen LogP contribution in [0, 0.1) is 0 Å². The summed E-state index contributed by atoms with van der Waals surface area (Å²) in [5, 5.41) is 2.53. The summed E-state index contributed by atoms with van der Waals surface area (Å²) in [7, 11) is 1.57. The number of thioether (sulfide) groups is 2. The molecule has 0 spiro atoms. The number of rotatable bonds is 9. The molecule has 144 valence electrons. The van der Waals surface area contributed by atoms with Gasteiger partial charge in [0.1, 0.15) is 5.75 Å². The van der Waals surface area contributed by atoms with Gasteiger partial charge < -0.3 is 14.8 Å². The molecule has 0 aliphatic heterocycles. The van der Waals surface area contributed by atoms with E-state index in [0.717, 1.165) is 10.6 Å². The number of alkyl halides is 2. The molecule has 0 aliphatic rings. The van der Waals surface area contributed by atoms with Crippen molar-refractivity contribution < 1.29 is 27.8 Å². The van der Waals surface area contributed by atoms with E-state index < -0.39 is 24.2 Å². The monoisotopic (exact) mass is 413 g/mol. The molecule has 2 aromatic rings. The fraction of sp³-hybridized carbons (Fsp3) is 0.222. The smallest absolute Gasteiger partial charge is 0.316 e. The summed E-state index contributed by atoms with van der Waals surface area (Å²) in [4.78, 5) is 24.8. The molecule has 9 heteroatoms. The third-order valence-corrected chi connectivity index (χ3v) is 4.85. The first-order valence-corrected chi connectivity index (χ1v) is 9.60. The van der Waals surface area contributed by atoms with Gasteiger partial charge in [0.05, 0.1) is 12.9 Å². The molecule has 0 heterocycles. The highest BCUT2D eigenvalue weighted by atomic mass is 32.2. The second kappa shape index (κ2) is 10.8. The highest BCUT2D eigenvalue weighted by molar-refractivity contribution is 8.00. The third-order valence-electron chi connectivity index (χ3n) is 3.14. The number of benzene rings is 2. The van der Waals surface area contributed by atoms with Crippen LogP contribution in [0.25, 0.3) is 0 Å². The Morgan fingerprint density at radius 2 is 1.67 bits per heavy atom. The first-order chi connectivity index (χ1) is 13.0. The van der Waals surface area contributed by atoms with E-state index in [1.807, 2.05) is 12.1 Å². The number of amides is 1.